The minimum atomic E-state index is -0.142. The van der Waals surface area contributed by atoms with E-state index in [-0.39, 0.29) is 18.6 Å². The van der Waals surface area contributed by atoms with Crippen molar-refractivity contribution in [3.63, 3.8) is 0 Å². The zero-order chi connectivity index (χ0) is 16.7. The molecule has 1 aromatic carbocycles. The molecule has 0 radical (unpaired) electrons. The Balaban J connectivity index is 1.81. The highest BCUT2D eigenvalue weighted by Crippen LogP contribution is 2.26. The summed E-state index contributed by atoms with van der Waals surface area (Å²) in [6.07, 6.45) is 6.19. The summed E-state index contributed by atoms with van der Waals surface area (Å²) in [5.41, 5.74) is 2.13. The molecule has 0 bridgehead atoms. The molecule has 0 heterocycles. The number of hydrogen-bond donors (Lipinski definition) is 3. The molecule has 1 atom stereocenters. The molecule has 0 aliphatic heterocycles. The van der Waals surface area contributed by atoms with Gasteiger partial charge in [0.25, 0.3) is 0 Å². The Bertz CT molecular complexity index is 475. The van der Waals surface area contributed by atoms with Crippen molar-refractivity contribution >= 4 is 11.6 Å². The average Bonchev–Trinajstić information content (AvgIpc) is 2.56. The number of carbonyl (C=O) groups is 1. The van der Waals surface area contributed by atoms with E-state index in [9.17, 15) is 4.79 Å². The SMILES string of the molecule is CCC(CO)NC(=O)Cc1ccc(NC2CCC(C)CC2)cc1. The van der Waals surface area contributed by atoms with Gasteiger partial charge in [0.05, 0.1) is 19.1 Å². The molecule has 1 aliphatic rings. The summed E-state index contributed by atoms with van der Waals surface area (Å²) in [6.45, 7) is 4.27. The molecule has 0 spiro atoms. The Labute approximate surface area is 139 Å². The van der Waals surface area contributed by atoms with Crippen molar-refractivity contribution in [3.05, 3.63) is 29.8 Å². The van der Waals surface area contributed by atoms with Crippen molar-refractivity contribution in [2.75, 3.05) is 11.9 Å². The second-order valence-electron chi connectivity index (χ2n) is 6.83. The molecule has 1 unspecified atom stereocenters. The van der Waals surface area contributed by atoms with Crippen molar-refractivity contribution < 1.29 is 9.90 Å². The van der Waals surface area contributed by atoms with Crippen LogP contribution in [0.25, 0.3) is 0 Å². The number of hydrogen-bond acceptors (Lipinski definition) is 3. The van der Waals surface area contributed by atoms with Crippen LogP contribution in [-0.2, 0) is 11.2 Å². The quantitative estimate of drug-likeness (QED) is 0.724. The fourth-order valence-electron chi connectivity index (χ4n) is 3.10. The van der Waals surface area contributed by atoms with Gasteiger partial charge in [0, 0.05) is 11.7 Å². The largest absolute Gasteiger partial charge is 0.394 e. The number of aliphatic hydroxyl groups excluding tert-OH is 1. The first-order valence-electron chi connectivity index (χ1n) is 8.86. The summed E-state index contributed by atoms with van der Waals surface area (Å²) >= 11 is 0. The Morgan fingerprint density at radius 3 is 2.43 bits per heavy atom. The smallest absolute Gasteiger partial charge is 0.224 e. The highest BCUT2D eigenvalue weighted by Gasteiger charge is 2.17. The van der Waals surface area contributed by atoms with Gasteiger partial charge in [-0.1, -0.05) is 26.0 Å². The van der Waals surface area contributed by atoms with Gasteiger partial charge in [-0.3, -0.25) is 4.79 Å². The molecule has 0 saturated heterocycles. The van der Waals surface area contributed by atoms with Crippen LogP contribution in [0, 0.1) is 5.92 Å². The first-order chi connectivity index (χ1) is 11.1. The lowest BCUT2D eigenvalue weighted by Gasteiger charge is -2.27. The molecule has 4 nitrogen and oxygen atoms in total. The number of carbonyl (C=O) groups excluding carboxylic acids is 1. The van der Waals surface area contributed by atoms with Gasteiger partial charge in [-0.15, -0.1) is 0 Å². The fourth-order valence-corrected chi connectivity index (χ4v) is 3.10. The van der Waals surface area contributed by atoms with Crippen LogP contribution >= 0.6 is 0 Å². The first-order valence-corrected chi connectivity index (χ1v) is 8.86. The molecule has 23 heavy (non-hydrogen) atoms. The third kappa shape index (κ3) is 5.87. The molecule has 1 amide bonds. The Hall–Kier alpha value is -1.55. The molecule has 128 valence electrons. The van der Waals surface area contributed by atoms with E-state index < -0.39 is 0 Å². The maximum Gasteiger partial charge on any atom is 0.224 e. The van der Waals surface area contributed by atoms with Crippen LogP contribution in [0.2, 0.25) is 0 Å². The lowest BCUT2D eigenvalue weighted by Crippen LogP contribution is -2.37. The predicted molar refractivity (Wildman–Crippen MR) is 94.5 cm³/mol. The Kier molecular flexibility index (Phi) is 6.90. The number of rotatable bonds is 7. The number of benzene rings is 1. The molecule has 1 fully saturated rings. The summed E-state index contributed by atoms with van der Waals surface area (Å²) in [4.78, 5) is 11.9. The summed E-state index contributed by atoms with van der Waals surface area (Å²) < 4.78 is 0. The second kappa shape index (κ2) is 8.92. The molecule has 3 N–H and O–H groups in total. The van der Waals surface area contributed by atoms with Crippen LogP contribution in [0.4, 0.5) is 5.69 Å². The molecule has 0 aromatic heterocycles. The highest BCUT2D eigenvalue weighted by molar-refractivity contribution is 5.79. The number of amides is 1. The number of anilines is 1. The lowest BCUT2D eigenvalue weighted by molar-refractivity contribution is -0.121. The summed E-state index contributed by atoms with van der Waals surface area (Å²) in [5, 5.41) is 15.6. The third-order valence-corrected chi connectivity index (χ3v) is 4.78. The maximum absolute atomic E-state index is 11.9. The first kappa shape index (κ1) is 17.8. The van der Waals surface area contributed by atoms with E-state index in [1.165, 1.54) is 25.7 Å². The lowest BCUT2D eigenvalue weighted by atomic mass is 9.87. The van der Waals surface area contributed by atoms with E-state index in [0.29, 0.717) is 12.5 Å². The zero-order valence-electron chi connectivity index (χ0n) is 14.3. The average molecular weight is 318 g/mol. The minimum Gasteiger partial charge on any atom is -0.394 e. The molecular weight excluding hydrogens is 288 g/mol. The fraction of sp³-hybridized carbons (Fsp3) is 0.632. The maximum atomic E-state index is 11.9. The van der Waals surface area contributed by atoms with Gasteiger partial charge in [-0.25, -0.2) is 0 Å². The standard InChI is InChI=1S/C19H30N2O2/c1-3-16(13-22)21-19(23)12-15-6-10-18(11-7-15)20-17-8-4-14(2)5-9-17/h6-7,10-11,14,16-17,20,22H,3-5,8-9,12-13H2,1-2H3,(H,21,23). The normalized spacial score (nSPS) is 22.4. The van der Waals surface area contributed by atoms with Crippen molar-refractivity contribution in [1.82, 2.24) is 5.32 Å². The van der Waals surface area contributed by atoms with Crippen molar-refractivity contribution in [2.24, 2.45) is 5.92 Å². The van der Waals surface area contributed by atoms with Crippen molar-refractivity contribution in [1.29, 1.82) is 0 Å². The van der Waals surface area contributed by atoms with Crippen LogP contribution in [0.3, 0.4) is 0 Å². The van der Waals surface area contributed by atoms with Crippen molar-refractivity contribution in [3.8, 4) is 0 Å². The molecule has 4 heteroatoms. The summed E-state index contributed by atoms with van der Waals surface area (Å²) in [5.74, 6) is 0.827. The van der Waals surface area contributed by atoms with Crippen LogP contribution in [0.5, 0.6) is 0 Å². The van der Waals surface area contributed by atoms with Crippen LogP contribution in [0.15, 0.2) is 24.3 Å². The van der Waals surface area contributed by atoms with Gasteiger partial charge in [-0.2, -0.15) is 0 Å². The molecule has 1 aliphatic carbocycles. The monoisotopic (exact) mass is 318 g/mol. The van der Waals surface area contributed by atoms with Crippen LogP contribution in [0.1, 0.15) is 51.5 Å². The van der Waals surface area contributed by atoms with E-state index in [2.05, 4.69) is 29.7 Å². The van der Waals surface area contributed by atoms with Gasteiger partial charge in [0.15, 0.2) is 0 Å². The van der Waals surface area contributed by atoms with E-state index in [0.717, 1.165) is 23.6 Å². The molecule has 1 aromatic rings. The topological polar surface area (TPSA) is 61.4 Å². The van der Waals surface area contributed by atoms with E-state index in [1.807, 2.05) is 19.1 Å². The minimum absolute atomic E-state index is 0.00883. The van der Waals surface area contributed by atoms with E-state index in [1.54, 1.807) is 0 Å². The highest BCUT2D eigenvalue weighted by atomic mass is 16.3. The van der Waals surface area contributed by atoms with E-state index in [4.69, 9.17) is 5.11 Å². The Morgan fingerprint density at radius 1 is 1.22 bits per heavy atom. The zero-order valence-corrected chi connectivity index (χ0v) is 14.3. The summed E-state index contributed by atoms with van der Waals surface area (Å²) in [7, 11) is 0. The Morgan fingerprint density at radius 2 is 1.87 bits per heavy atom. The molecular formula is C19H30N2O2. The summed E-state index contributed by atoms with van der Waals surface area (Å²) in [6, 6.07) is 8.57. The van der Waals surface area contributed by atoms with Crippen LogP contribution < -0.4 is 10.6 Å². The third-order valence-electron chi connectivity index (χ3n) is 4.78. The van der Waals surface area contributed by atoms with Gasteiger partial charge < -0.3 is 15.7 Å². The van der Waals surface area contributed by atoms with Gasteiger partial charge >= 0.3 is 0 Å². The number of nitrogens with one attached hydrogen (secondary N) is 2. The van der Waals surface area contributed by atoms with Crippen molar-refractivity contribution in [2.45, 2.75) is 64.5 Å². The van der Waals surface area contributed by atoms with Gasteiger partial charge in [0.1, 0.15) is 0 Å². The van der Waals surface area contributed by atoms with Gasteiger partial charge in [0.2, 0.25) is 5.91 Å². The van der Waals surface area contributed by atoms with E-state index >= 15 is 0 Å². The molecule has 2 rings (SSSR count). The van der Waals surface area contributed by atoms with Crippen LogP contribution in [-0.4, -0.2) is 29.7 Å². The van der Waals surface area contributed by atoms with Gasteiger partial charge in [-0.05, 0) is 55.7 Å². The molecule has 1 saturated carbocycles. The second-order valence-corrected chi connectivity index (χ2v) is 6.83. The number of aliphatic hydroxyl groups is 1. The predicted octanol–water partition coefficient (Wildman–Crippen LogP) is 3.11.